The standard InChI is InChI=1S/C11H20O/c1-6-9-10(11(9,4)5)7(2)8(3)12/h7,9-10H,6H2,1-5H3/t7?,9-,10+/m0/s1. The van der Waals surface area contributed by atoms with Crippen molar-refractivity contribution in [1.82, 2.24) is 0 Å². The molecule has 0 aromatic heterocycles. The molecule has 1 heteroatoms. The van der Waals surface area contributed by atoms with Crippen LogP contribution in [0.25, 0.3) is 0 Å². The van der Waals surface area contributed by atoms with Crippen molar-refractivity contribution < 1.29 is 4.79 Å². The number of hydrogen-bond donors (Lipinski definition) is 0. The number of ketones is 1. The van der Waals surface area contributed by atoms with Gasteiger partial charge < -0.3 is 0 Å². The van der Waals surface area contributed by atoms with Crippen LogP contribution in [-0.4, -0.2) is 5.78 Å². The minimum Gasteiger partial charge on any atom is -0.300 e. The molecule has 1 aliphatic rings. The summed E-state index contributed by atoms with van der Waals surface area (Å²) in [6.07, 6.45) is 1.22. The molecule has 3 atom stereocenters. The van der Waals surface area contributed by atoms with Gasteiger partial charge in [0.05, 0.1) is 0 Å². The Labute approximate surface area is 75.5 Å². The van der Waals surface area contributed by atoms with Crippen molar-refractivity contribution in [2.24, 2.45) is 23.2 Å². The van der Waals surface area contributed by atoms with Gasteiger partial charge in [0, 0.05) is 5.92 Å². The van der Waals surface area contributed by atoms with Crippen molar-refractivity contribution in [3.8, 4) is 0 Å². The first-order valence-electron chi connectivity index (χ1n) is 4.93. The van der Waals surface area contributed by atoms with Gasteiger partial charge in [0.15, 0.2) is 0 Å². The van der Waals surface area contributed by atoms with Gasteiger partial charge in [-0.2, -0.15) is 0 Å². The molecule has 0 N–H and O–H groups in total. The fraction of sp³-hybridized carbons (Fsp3) is 0.909. The van der Waals surface area contributed by atoms with Crippen molar-refractivity contribution in [2.75, 3.05) is 0 Å². The van der Waals surface area contributed by atoms with Gasteiger partial charge in [0.25, 0.3) is 0 Å². The zero-order valence-corrected chi connectivity index (χ0v) is 8.85. The zero-order valence-electron chi connectivity index (χ0n) is 8.85. The summed E-state index contributed by atoms with van der Waals surface area (Å²) in [7, 11) is 0. The third-order valence-corrected chi connectivity index (χ3v) is 3.76. The van der Waals surface area contributed by atoms with Gasteiger partial charge in [-0.05, 0) is 24.2 Å². The van der Waals surface area contributed by atoms with Crippen LogP contribution in [0.1, 0.15) is 41.0 Å². The highest BCUT2D eigenvalue weighted by atomic mass is 16.1. The van der Waals surface area contributed by atoms with Crippen LogP contribution >= 0.6 is 0 Å². The smallest absolute Gasteiger partial charge is 0.132 e. The minimum absolute atomic E-state index is 0.268. The molecule has 0 spiro atoms. The Morgan fingerprint density at radius 2 is 2.00 bits per heavy atom. The van der Waals surface area contributed by atoms with Crippen LogP contribution < -0.4 is 0 Å². The summed E-state index contributed by atoms with van der Waals surface area (Å²) in [6.45, 7) is 10.6. The first-order valence-corrected chi connectivity index (χ1v) is 4.93. The normalized spacial score (nSPS) is 34.4. The van der Waals surface area contributed by atoms with E-state index in [4.69, 9.17) is 0 Å². The molecule has 70 valence electrons. The summed E-state index contributed by atoms with van der Waals surface area (Å²) in [6, 6.07) is 0. The number of carbonyl (C=O) groups is 1. The van der Waals surface area contributed by atoms with Crippen molar-refractivity contribution >= 4 is 5.78 Å². The molecule has 1 nitrogen and oxygen atoms in total. The molecule has 0 aliphatic heterocycles. The average Bonchev–Trinajstić information content (AvgIpc) is 2.50. The van der Waals surface area contributed by atoms with Crippen LogP contribution in [0.5, 0.6) is 0 Å². The predicted molar refractivity (Wildman–Crippen MR) is 50.9 cm³/mol. The Balaban J connectivity index is 2.63. The number of Topliss-reactive ketones (excluding diaryl/α,β-unsaturated/α-hetero) is 1. The van der Waals surface area contributed by atoms with Gasteiger partial charge in [0.2, 0.25) is 0 Å². The molecule has 0 aromatic rings. The topological polar surface area (TPSA) is 17.1 Å². The fourth-order valence-corrected chi connectivity index (χ4v) is 2.81. The lowest BCUT2D eigenvalue weighted by molar-refractivity contribution is -0.121. The van der Waals surface area contributed by atoms with E-state index in [2.05, 4.69) is 27.7 Å². The minimum atomic E-state index is 0.268. The molecular weight excluding hydrogens is 148 g/mol. The highest BCUT2D eigenvalue weighted by Gasteiger charge is 2.58. The molecular formula is C11H20O. The van der Waals surface area contributed by atoms with E-state index in [1.54, 1.807) is 6.92 Å². The molecule has 1 fully saturated rings. The van der Waals surface area contributed by atoms with Gasteiger partial charge in [-0.25, -0.2) is 0 Å². The van der Waals surface area contributed by atoms with E-state index in [-0.39, 0.29) is 5.92 Å². The van der Waals surface area contributed by atoms with Crippen LogP contribution in [-0.2, 0) is 4.79 Å². The van der Waals surface area contributed by atoms with Crippen LogP contribution in [0.3, 0.4) is 0 Å². The second-order valence-corrected chi connectivity index (χ2v) is 4.76. The quantitative estimate of drug-likeness (QED) is 0.633. The number of carbonyl (C=O) groups excluding carboxylic acids is 1. The lowest BCUT2D eigenvalue weighted by Crippen LogP contribution is -2.11. The summed E-state index contributed by atoms with van der Waals surface area (Å²) in [4.78, 5) is 11.2. The second kappa shape index (κ2) is 2.86. The highest BCUT2D eigenvalue weighted by Crippen LogP contribution is 2.63. The van der Waals surface area contributed by atoms with E-state index in [0.717, 1.165) is 5.92 Å². The molecule has 12 heavy (non-hydrogen) atoms. The van der Waals surface area contributed by atoms with Crippen molar-refractivity contribution in [1.29, 1.82) is 0 Å². The molecule has 0 saturated heterocycles. The lowest BCUT2D eigenvalue weighted by Gasteiger charge is -2.08. The lowest BCUT2D eigenvalue weighted by atomic mass is 9.96. The van der Waals surface area contributed by atoms with Gasteiger partial charge in [-0.15, -0.1) is 0 Å². The fourth-order valence-electron chi connectivity index (χ4n) is 2.81. The summed E-state index contributed by atoms with van der Waals surface area (Å²) >= 11 is 0. The van der Waals surface area contributed by atoms with Crippen molar-refractivity contribution in [3.63, 3.8) is 0 Å². The molecule has 0 bridgehead atoms. The third kappa shape index (κ3) is 1.30. The SMILES string of the molecule is CC[C@H]1[C@@H](C(C)C(C)=O)C1(C)C. The maximum absolute atomic E-state index is 11.2. The largest absolute Gasteiger partial charge is 0.300 e. The van der Waals surface area contributed by atoms with Crippen molar-refractivity contribution in [3.05, 3.63) is 0 Å². The van der Waals surface area contributed by atoms with Gasteiger partial charge >= 0.3 is 0 Å². The van der Waals surface area contributed by atoms with E-state index < -0.39 is 0 Å². The van der Waals surface area contributed by atoms with E-state index in [0.29, 0.717) is 17.1 Å². The molecule has 1 rings (SSSR count). The summed E-state index contributed by atoms with van der Waals surface area (Å²) in [5, 5.41) is 0. The first kappa shape index (κ1) is 9.76. The molecule has 1 unspecified atom stereocenters. The molecule has 0 radical (unpaired) electrons. The monoisotopic (exact) mass is 168 g/mol. The van der Waals surface area contributed by atoms with Crippen LogP contribution in [0, 0.1) is 23.2 Å². The molecule has 1 saturated carbocycles. The molecule has 0 aromatic carbocycles. The molecule has 0 heterocycles. The second-order valence-electron chi connectivity index (χ2n) is 4.76. The number of hydrogen-bond acceptors (Lipinski definition) is 1. The Bertz CT molecular complexity index is 193. The van der Waals surface area contributed by atoms with Gasteiger partial charge in [-0.1, -0.05) is 34.1 Å². The van der Waals surface area contributed by atoms with Crippen molar-refractivity contribution in [2.45, 2.75) is 41.0 Å². The molecule has 1 aliphatic carbocycles. The van der Waals surface area contributed by atoms with Gasteiger partial charge in [-0.3, -0.25) is 4.79 Å². The van der Waals surface area contributed by atoms with E-state index in [9.17, 15) is 4.79 Å². The molecule has 0 amide bonds. The number of rotatable bonds is 3. The summed E-state index contributed by atoms with van der Waals surface area (Å²) in [5.41, 5.74) is 0.417. The third-order valence-electron chi connectivity index (χ3n) is 3.76. The van der Waals surface area contributed by atoms with Crippen LogP contribution in [0.2, 0.25) is 0 Å². The Morgan fingerprint density at radius 3 is 2.25 bits per heavy atom. The Hall–Kier alpha value is -0.330. The average molecular weight is 168 g/mol. The summed E-state index contributed by atoms with van der Waals surface area (Å²) < 4.78 is 0. The highest BCUT2D eigenvalue weighted by molar-refractivity contribution is 5.78. The predicted octanol–water partition coefficient (Wildman–Crippen LogP) is 2.89. The summed E-state index contributed by atoms with van der Waals surface area (Å²) in [5.74, 6) is 2.03. The maximum Gasteiger partial charge on any atom is 0.132 e. The van der Waals surface area contributed by atoms with E-state index in [1.807, 2.05) is 0 Å². The van der Waals surface area contributed by atoms with Crippen LogP contribution in [0.15, 0.2) is 0 Å². The first-order chi connectivity index (χ1) is 5.42. The van der Waals surface area contributed by atoms with E-state index in [1.165, 1.54) is 6.42 Å². The van der Waals surface area contributed by atoms with Gasteiger partial charge in [0.1, 0.15) is 5.78 Å². The Kier molecular flexibility index (Phi) is 2.33. The Morgan fingerprint density at radius 1 is 1.50 bits per heavy atom. The van der Waals surface area contributed by atoms with Crippen LogP contribution in [0.4, 0.5) is 0 Å². The maximum atomic E-state index is 11.2. The van der Waals surface area contributed by atoms with E-state index >= 15 is 0 Å². The zero-order chi connectivity index (χ0) is 9.52.